The van der Waals surface area contributed by atoms with Crippen LogP contribution in [0.3, 0.4) is 0 Å². The third-order valence-corrected chi connectivity index (χ3v) is 6.15. The SMILES string of the molecule is Br.CCOc1cc(C(=O)CN2Cc3cc(OCC)c(OCC)c(F)c3C2=N)cc(C(C)(C)C)c1OC(=O)N(C)C. The molecule has 0 aliphatic carbocycles. The molecule has 1 aliphatic heterocycles. The van der Waals surface area contributed by atoms with Crippen molar-refractivity contribution in [3.05, 3.63) is 46.3 Å². The van der Waals surface area contributed by atoms with Gasteiger partial charge >= 0.3 is 6.09 Å². The Morgan fingerprint density at radius 3 is 2.08 bits per heavy atom. The fraction of sp³-hybridized carbons (Fsp3) is 0.483. The molecule has 3 rings (SSSR count). The van der Waals surface area contributed by atoms with Gasteiger partial charge < -0.3 is 28.7 Å². The minimum atomic E-state index is -0.668. The lowest BCUT2D eigenvalue weighted by molar-refractivity contribution is 0.0962. The number of rotatable bonds is 10. The maximum Gasteiger partial charge on any atom is 0.414 e. The third-order valence-electron chi connectivity index (χ3n) is 6.15. The maximum absolute atomic E-state index is 15.4. The highest BCUT2D eigenvalue weighted by atomic mass is 79.9. The van der Waals surface area contributed by atoms with E-state index >= 15 is 4.39 Å². The number of carbonyl (C=O) groups excluding carboxylic acids is 2. The quantitative estimate of drug-likeness (QED) is 0.325. The second kappa shape index (κ2) is 13.3. The van der Waals surface area contributed by atoms with Gasteiger partial charge in [-0.15, -0.1) is 17.0 Å². The molecule has 0 saturated carbocycles. The lowest BCUT2D eigenvalue weighted by Crippen LogP contribution is -2.31. The Bertz CT molecular complexity index is 1280. The van der Waals surface area contributed by atoms with Crippen LogP contribution in [-0.2, 0) is 12.0 Å². The number of fused-ring (bicyclic) bond motifs is 1. The number of hydrogen-bond donors (Lipinski definition) is 1. The first kappa shape index (κ1) is 32.9. The lowest BCUT2D eigenvalue weighted by atomic mass is 9.84. The van der Waals surface area contributed by atoms with E-state index in [0.29, 0.717) is 29.9 Å². The lowest BCUT2D eigenvalue weighted by Gasteiger charge is -2.26. The van der Waals surface area contributed by atoms with Crippen molar-refractivity contribution in [2.24, 2.45) is 0 Å². The molecule has 9 nitrogen and oxygen atoms in total. The Morgan fingerprint density at radius 1 is 0.975 bits per heavy atom. The predicted octanol–water partition coefficient (Wildman–Crippen LogP) is 5.98. The number of hydrogen-bond acceptors (Lipinski definition) is 7. The summed E-state index contributed by atoms with van der Waals surface area (Å²) in [7, 11) is 3.16. The van der Waals surface area contributed by atoms with Crippen molar-refractivity contribution < 1.29 is 32.9 Å². The Morgan fingerprint density at radius 2 is 1.55 bits per heavy atom. The second-order valence-electron chi connectivity index (χ2n) is 10.3. The van der Waals surface area contributed by atoms with Crippen LogP contribution < -0.4 is 18.9 Å². The summed E-state index contributed by atoms with van der Waals surface area (Å²) in [6.45, 7) is 12.0. The fourth-order valence-electron chi connectivity index (χ4n) is 4.29. The van der Waals surface area contributed by atoms with Crippen molar-refractivity contribution in [1.82, 2.24) is 9.80 Å². The summed E-state index contributed by atoms with van der Waals surface area (Å²) < 4.78 is 37.9. The zero-order valence-corrected chi connectivity index (χ0v) is 26.1. The average molecular weight is 625 g/mol. The zero-order chi connectivity index (χ0) is 29.1. The fourth-order valence-corrected chi connectivity index (χ4v) is 4.29. The topological polar surface area (TPSA) is 101 Å². The summed E-state index contributed by atoms with van der Waals surface area (Å²) in [6, 6.07) is 4.91. The number of Topliss-reactive ketones (excluding diaryl/α,β-unsaturated/α-hetero) is 1. The summed E-state index contributed by atoms with van der Waals surface area (Å²) in [4.78, 5) is 28.8. The van der Waals surface area contributed by atoms with Gasteiger partial charge in [-0.2, -0.15) is 0 Å². The molecule has 1 heterocycles. The van der Waals surface area contributed by atoms with Gasteiger partial charge in [-0.1, -0.05) is 20.8 Å². The normalized spacial score (nSPS) is 12.4. The number of ether oxygens (including phenoxy) is 4. The molecule has 2 aromatic carbocycles. The Hall–Kier alpha value is -3.34. The Labute approximate surface area is 245 Å². The van der Waals surface area contributed by atoms with Crippen LogP contribution in [0.1, 0.15) is 68.6 Å². The van der Waals surface area contributed by atoms with E-state index in [-0.39, 0.29) is 76.9 Å². The van der Waals surface area contributed by atoms with E-state index in [1.54, 1.807) is 53.1 Å². The number of nitrogens with one attached hydrogen (secondary N) is 1. The number of nitrogens with zero attached hydrogens (tertiary/aromatic N) is 2. The van der Waals surface area contributed by atoms with Gasteiger partial charge in [-0.25, -0.2) is 9.18 Å². The van der Waals surface area contributed by atoms with E-state index in [9.17, 15) is 9.59 Å². The first-order chi connectivity index (χ1) is 18.3. The van der Waals surface area contributed by atoms with Crippen molar-refractivity contribution in [3.63, 3.8) is 0 Å². The first-order valence-electron chi connectivity index (χ1n) is 13.0. The Balaban J connectivity index is 0.00000560. The van der Waals surface area contributed by atoms with Crippen LogP contribution in [0, 0.1) is 11.2 Å². The molecule has 220 valence electrons. The van der Waals surface area contributed by atoms with Gasteiger partial charge in [0.1, 0.15) is 5.84 Å². The van der Waals surface area contributed by atoms with Crippen molar-refractivity contribution in [3.8, 4) is 23.0 Å². The van der Waals surface area contributed by atoms with Crippen molar-refractivity contribution in [2.45, 2.75) is 53.5 Å². The van der Waals surface area contributed by atoms with Crippen LogP contribution in [-0.4, -0.2) is 68.0 Å². The Kier molecular flexibility index (Phi) is 11.0. The highest BCUT2D eigenvalue weighted by Gasteiger charge is 2.34. The van der Waals surface area contributed by atoms with Crippen molar-refractivity contribution in [1.29, 1.82) is 5.41 Å². The van der Waals surface area contributed by atoms with Gasteiger partial charge in [0.25, 0.3) is 0 Å². The number of benzene rings is 2. The zero-order valence-electron chi connectivity index (χ0n) is 24.4. The molecule has 1 aliphatic rings. The van der Waals surface area contributed by atoms with Crippen molar-refractivity contribution in [2.75, 3.05) is 40.5 Å². The average Bonchev–Trinajstić information content (AvgIpc) is 3.16. The monoisotopic (exact) mass is 623 g/mol. The van der Waals surface area contributed by atoms with Crippen LogP contribution in [0.4, 0.5) is 9.18 Å². The van der Waals surface area contributed by atoms with Gasteiger partial charge in [0, 0.05) is 31.8 Å². The molecule has 0 saturated heterocycles. The van der Waals surface area contributed by atoms with E-state index in [0.717, 1.165) is 0 Å². The number of amides is 1. The highest BCUT2D eigenvalue weighted by Crippen LogP contribution is 2.41. The van der Waals surface area contributed by atoms with Gasteiger partial charge in [-0.3, -0.25) is 10.2 Å². The minimum Gasteiger partial charge on any atom is -0.490 e. The maximum atomic E-state index is 15.4. The van der Waals surface area contributed by atoms with Gasteiger partial charge in [0.05, 0.1) is 31.9 Å². The van der Waals surface area contributed by atoms with Crippen molar-refractivity contribution >= 4 is 34.7 Å². The molecule has 1 N–H and O–H groups in total. The molecule has 2 aromatic rings. The molecule has 0 radical (unpaired) electrons. The van der Waals surface area contributed by atoms with Crippen LogP contribution in [0.5, 0.6) is 23.0 Å². The van der Waals surface area contributed by atoms with Gasteiger partial charge in [0.2, 0.25) is 0 Å². The van der Waals surface area contributed by atoms with E-state index < -0.39 is 17.3 Å². The van der Waals surface area contributed by atoms with Gasteiger partial charge in [0.15, 0.2) is 34.6 Å². The molecule has 1 amide bonds. The van der Waals surface area contributed by atoms with Crippen LogP contribution in [0.15, 0.2) is 18.2 Å². The number of carbonyl (C=O) groups is 2. The summed E-state index contributed by atoms with van der Waals surface area (Å²) in [5, 5.41) is 8.64. The predicted molar refractivity (Wildman–Crippen MR) is 157 cm³/mol. The summed E-state index contributed by atoms with van der Waals surface area (Å²) in [6.07, 6.45) is -0.566. The molecule has 0 unspecified atom stereocenters. The van der Waals surface area contributed by atoms with E-state index in [1.165, 1.54) is 9.80 Å². The molecular formula is C29H39BrFN3O6. The van der Waals surface area contributed by atoms with Crippen LogP contribution in [0.2, 0.25) is 0 Å². The largest absolute Gasteiger partial charge is 0.490 e. The van der Waals surface area contributed by atoms with E-state index in [1.807, 2.05) is 20.8 Å². The molecule has 0 atom stereocenters. The molecule has 40 heavy (non-hydrogen) atoms. The summed E-state index contributed by atoms with van der Waals surface area (Å²) >= 11 is 0. The van der Waals surface area contributed by atoms with Gasteiger partial charge in [-0.05, 0) is 49.9 Å². The van der Waals surface area contributed by atoms with E-state index in [2.05, 4.69) is 0 Å². The third kappa shape index (κ3) is 6.86. The molecule has 0 bridgehead atoms. The summed E-state index contributed by atoms with van der Waals surface area (Å²) in [5.74, 6) is -0.284. The molecule has 11 heteroatoms. The standard InChI is InChI=1S/C29H38FN3O6.BrH/c1-9-36-21-13-17(12-19(29(4,5)6)25(21)39-28(35)32(7)8)20(34)16-33-15-18-14-22(37-10-2)26(38-11-3)24(30)23(18)27(33)31;/h12-14,31H,9-11,15-16H2,1-8H3;1H. The minimum absolute atomic E-state index is 0. The molecular weight excluding hydrogens is 585 g/mol. The second-order valence-corrected chi connectivity index (χ2v) is 10.3. The number of ketones is 1. The number of amidine groups is 1. The van der Waals surface area contributed by atoms with Crippen LogP contribution >= 0.6 is 17.0 Å². The summed E-state index contributed by atoms with van der Waals surface area (Å²) in [5.41, 5.74) is 1.12. The highest BCUT2D eigenvalue weighted by molar-refractivity contribution is 8.93. The smallest absolute Gasteiger partial charge is 0.414 e. The van der Waals surface area contributed by atoms with E-state index in [4.69, 9.17) is 24.4 Å². The molecule has 0 aromatic heterocycles. The molecule has 0 spiro atoms. The van der Waals surface area contributed by atoms with Crippen LogP contribution in [0.25, 0.3) is 0 Å². The number of halogens is 2. The molecule has 0 fully saturated rings. The first-order valence-corrected chi connectivity index (χ1v) is 13.0.